The lowest BCUT2D eigenvalue weighted by molar-refractivity contribution is 0.121. The molecule has 1 aromatic heterocycles. The highest BCUT2D eigenvalue weighted by molar-refractivity contribution is 5.17. The van der Waals surface area contributed by atoms with E-state index < -0.39 is 6.10 Å². The molecule has 3 nitrogen and oxygen atoms in total. The van der Waals surface area contributed by atoms with Crippen molar-refractivity contribution in [1.82, 2.24) is 0 Å². The van der Waals surface area contributed by atoms with E-state index in [0.717, 1.165) is 5.56 Å². The summed E-state index contributed by atoms with van der Waals surface area (Å²) in [5, 5.41) is 9.92. The van der Waals surface area contributed by atoms with Gasteiger partial charge in [-0.05, 0) is 24.1 Å². The maximum atomic E-state index is 9.92. The predicted octanol–water partition coefficient (Wildman–Crippen LogP) is 1.88. The lowest BCUT2D eigenvalue weighted by atomic mass is 10.0. The molecule has 0 saturated carbocycles. The van der Waals surface area contributed by atoms with Crippen molar-refractivity contribution in [2.45, 2.75) is 18.6 Å². The van der Waals surface area contributed by atoms with Gasteiger partial charge < -0.3 is 15.3 Å². The monoisotopic (exact) mass is 217 g/mol. The van der Waals surface area contributed by atoms with Gasteiger partial charge in [0, 0.05) is 6.04 Å². The molecular formula is C13H15NO2. The summed E-state index contributed by atoms with van der Waals surface area (Å²) in [6.07, 6.45) is 1.41. The minimum absolute atomic E-state index is 0.353. The van der Waals surface area contributed by atoms with Gasteiger partial charge in [0.2, 0.25) is 0 Å². The predicted molar refractivity (Wildman–Crippen MR) is 61.8 cm³/mol. The van der Waals surface area contributed by atoms with Gasteiger partial charge in [0.1, 0.15) is 11.9 Å². The number of hydrogen-bond acceptors (Lipinski definition) is 3. The smallest absolute Gasteiger partial charge is 0.133 e. The zero-order chi connectivity index (χ0) is 11.4. The van der Waals surface area contributed by atoms with E-state index >= 15 is 0 Å². The van der Waals surface area contributed by atoms with Crippen LogP contribution in [0.2, 0.25) is 0 Å². The average Bonchev–Trinajstić information content (AvgIpc) is 2.83. The van der Waals surface area contributed by atoms with Gasteiger partial charge in [0.05, 0.1) is 6.26 Å². The fourth-order valence-electron chi connectivity index (χ4n) is 1.67. The van der Waals surface area contributed by atoms with Gasteiger partial charge in [0.15, 0.2) is 0 Å². The van der Waals surface area contributed by atoms with E-state index in [0.29, 0.717) is 12.2 Å². The molecule has 0 amide bonds. The minimum Gasteiger partial charge on any atom is -0.467 e. The summed E-state index contributed by atoms with van der Waals surface area (Å²) in [6.45, 7) is 0. The zero-order valence-corrected chi connectivity index (χ0v) is 8.91. The molecule has 0 aliphatic heterocycles. The van der Waals surface area contributed by atoms with Crippen LogP contribution in [0.3, 0.4) is 0 Å². The summed E-state index contributed by atoms with van der Waals surface area (Å²) >= 11 is 0. The first-order valence-electron chi connectivity index (χ1n) is 5.28. The number of aliphatic hydroxyl groups excluding tert-OH is 1. The summed E-state index contributed by atoms with van der Waals surface area (Å²) in [6, 6.07) is 13.0. The highest BCUT2D eigenvalue weighted by atomic mass is 16.4. The quantitative estimate of drug-likeness (QED) is 0.822. The molecule has 3 heteroatoms. The Hall–Kier alpha value is -1.58. The summed E-state index contributed by atoms with van der Waals surface area (Å²) in [5.74, 6) is 0.517. The second-order valence-electron chi connectivity index (χ2n) is 3.81. The maximum absolute atomic E-state index is 9.92. The molecule has 0 radical (unpaired) electrons. The molecule has 2 rings (SSSR count). The maximum Gasteiger partial charge on any atom is 0.133 e. The van der Waals surface area contributed by atoms with Crippen LogP contribution in [-0.2, 0) is 6.42 Å². The molecule has 0 aliphatic rings. The van der Waals surface area contributed by atoms with Crippen LogP contribution in [0.25, 0.3) is 0 Å². The number of rotatable bonds is 4. The van der Waals surface area contributed by atoms with Crippen molar-refractivity contribution in [2.24, 2.45) is 5.73 Å². The Kier molecular flexibility index (Phi) is 3.39. The summed E-state index contributed by atoms with van der Waals surface area (Å²) < 4.78 is 5.12. The molecule has 1 aromatic carbocycles. The highest BCUT2D eigenvalue weighted by Gasteiger charge is 2.19. The van der Waals surface area contributed by atoms with E-state index in [9.17, 15) is 5.11 Å². The first kappa shape index (κ1) is 10.9. The highest BCUT2D eigenvalue weighted by Crippen LogP contribution is 2.18. The van der Waals surface area contributed by atoms with E-state index in [1.807, 2.05) is 30.3 Å². The van der Waals surface area contributed by atoms with Gasteiger partial charge in [-0.25, -0.2) is 0 Å². The molecule has 0 aliphatic carbocycles. The standard InChI is InChI=1S/C13H15NO2/c14-11(9-10-5-2-1-3-6-10)13(15)12-7-4-8-16-12/h1-8,11,13,15H,9,14H2/t11-,13+/m1/s1. The molecular weight excluding hydrogens is 202 g/mol. The van der Waals surface area contributed by atoms with Crippen molar-refractivity contribution >= 4 is 0 Å². The molecule has 2 aromatic rings. The zero-order valence-electron chi connectivity index (χ0n) is 8.91. The topological polar surface area (TPSA) is 59.4 Å². The summed E-state index contributed by atoms with van der Waals surface area (Å²) in [4.78, 5) is 0. The molecule has 0 saturated heterocycles. The Morgan fingerprint density at radius 1 is 1.12 bits per heavy atom. The molecule has 0 spiro atoms. The van der Waals surface area contributed by atoms with E-state index in [-0.39, 0.29) is 6.04 Å². The Morgan fingerprint density at radius 2 is 1.88 bits per heavy atom. The lowest BCUT2D eigenvalue weighted by Gasteiger charge is -2.16. The Bertz CT molecular complexity index is 411. The third-order valence-electron chi connectivity index (χ3n) is 2.55. The van der Waals surface area contributed by atoms with Crippen molar-refractivity contribution in [3.63, 3.8) is 0 Å². The second-order valence-corrected chi connectivity index (χ2v) is 3.81. The molecule has 3 N–H and O–H groups in total. The van der Waals surface area contributed by atoms with Crippen molar-refractivity contribution in [3.8, 4) is 0 Å². The first-order valence-corrected chi connectivity index (χ1v) is 5.28. The van der Waals surface area contributed by atoms with Gasteiger partial charge in [-0.3, -0.25) is 0 Å². The first-order chi connectivity index (χ1) is 7.77. The summed E-state index contributed by atoms with van der Waals surface area (Å²) in [7, 11) is 0. The molecule has 1 heterocycles. The van der Waals surface area contributed by atoms with Gasteiger partial charge >= 0.3 is 0 Å². The molecule has 16 heavy (non-hydrogen) atoms. The fourth-order valence-corrected chi connectivity index (χ4v) is 1.67. The molecule has 2 atom stereocenters. The normalized spacial score (nSPS) is 14.6. The van der Waals surface area contributed by atoms with E-state index in [1.165, 1.54) is 6.26 Å². The number of benzene rings is 1. The SMILES string of the molecule is N[C@H](Cc1ccccc1)[C@H](O)c1ccco1. The van der Waals surface area contributed by atoms with Crippen LogP contribution in [0.1, 0.15) is 17.4 Å². The van der Waals surface area contributed by atoms with E-state index in [1.54, 1.807) is 12.1 Å². The van der Waals surface area contributed by atoms with Crippen LogP contribution in [0, 0.1) is 0 Å². The van der Waals surface area contributed by atoms with E-state index in [4.69, 9.17) is 10.2 Å². The number of furan rings is 1. The van der Waals surface area contributed by atoms with Gasteiger partial charge in [-0.1, -0.05) is 30.3 Å². The van der Waals surface area contributed by atoms with Crippen molar-refractivity contribution in [2.75, 3.05) is 0 Å². The van der Waals surface area contributed by atoms with Crippen molar-refractivity contribution < 1.29 is 9.52 Å². The Morgan fingerprint density at radius 3 is 2.50 bits per heavy atom. The molecule has 0 unspecified atom stereocenters. The molecule has 0 bridgehead atoms. The number of nitrogens with two attached hydrogens (primary N) is 1. The molecule has 0 fully saturated rings. The second kappa shape index (κ2) is 4.96. The number of hydrogen-bond donors (Lipinski definition) is 2. The fraction of sp³-hybridized carbons (Fsp3) is 0.231. The third kappa shape index (κ3) is 2.51. The van der Waals surface area contributed by atoms with Crippen LogP contribution in [0.5, 0.6) is 0 Å². The van der Waals surface area contributed by atoms with Gasteiger partial charge in [-0.2, -0.15) is 0 Å². The largest absolute Gasteiger partial charge is 0.467 e. The summed E-state index contributed by atoms with van der Waals surface area (Å²) in [5.41, 5.74) is 7.04. The lowest BCUT2D eigenvalue weighted by Crippen LogP contribution is -2.30. The minimum atomic E-state index is -0.754. The van der Waals surface area contributed by atoms with Crippen LogP contribution in [-0.4, -0.2) is 11.1 Å². The molecule has 84 valence electrons. The van der Waals surface area contributed by atoms with E-state index in [2.05, 4.69) is 0 Å². The van der Waals surface area contributed by atoms with Gasteiger partial charge in [-0.15, -0.1) is 0 Å². The van der Waals surface area contributed by atoms with Crippen molar-refractivity contribution in [3.05, 3.63) is 60.1 Å². The Labute approximate surface area is 94.5 Å². The van der Waals surface area contributed by atoms with Crippen LogP contribution >= 0.6 is 0 Å². The van der Waals surface area contributed by atoms with Crippen LogP contribution in [0.15, 0.2) is 53.1 Å². The van der Waals surface area contributed by atoms with Crippen molar-refractivity contribution in [1.29, 1.82) is 0 Å². The third-order valence-corrected chi connectivity index (χ3v) is 2.55. The number of aliphatic hydroxyl groups is 1. The Balaban J connectivity index is 2.01. The van der Waals surface area contributed by atoms with Crippen LogP contribution in [0.4, 0.5) is 0 Å². The van der Waals surface area contributed by atoms with Gasteiger partial charge in [0.25, 0.3) is 0 Å². The average molecular weight is 217 g/mol. The van der Waals surface area contributed by atoms with Crippen LogP contribution < -0.4 is 5.73 Å².